The third-order valence-corrected chi connectivity index (χ3v) is 5.51. The number of hydrogen-bond donors (Lipinski definition) is 0. The van der Waals surface area contributed by atoms with Gasteiger partial charge >= 0.3 is 0 Å². The summed E-state index contributed by atoms with van der Waals surface area (Å²) in [5.74, 6) is 1.51. The predicted molar refractivity (Wildman–Crippen MR) is 64.0 cm³/mol. The van der Waals surface area contributed by atoms with Crippen LogP contribution in [0, 0.1) is 11.8 Å². The van der Waals surface area contributed by atoms with Crippen molar-refractivity contribution in [2.24, 2.45) is 11.8 Å². The fraction of sp³-hybridized carbons (Fsp3) is 0.929. The number of likely N-dealkylation sites (tertiary alicyclic amines) is 1. The second-order valence-electron chi connectivity index (χ2n) is 6.42. The summed E-state index contributed by atoms with van der Waals surface area (Å²) in [6, 6.07) is 0.673. The van der Waals surface area contributed by atoms with E-state index in [2.05, 4.69) is 7.05 Å². The molecule has 1 aliphatic heterocycles. The van der Waals surface area contributed by atoms with Gasteiger partial charge in [0.05, 0.1) is 32.1 Å². The fourth-order valence-electron chi connectivity index (χ4n) is 4.52. The van der Waals surface area contributed by atoms with Crippen molar-refractivity contribution < 1.29 is 9.28 Å². The van der Waals surface area contributed by atoms with Crippen molar-refractivity contribution in [3.05, 3.63) is 0 Å². The number of carbonyl (C=O) groups excluding carboxylic acids is 1. The molecule has 1 heterocycles. The largest absolute Gasteiger partial charge is 0.323 e. The van der Waals surface area contributed by atoms with Gasteiger partial charge in [-0.05, 0) is 38.5 Å². The first-order chi connectivity index (χ1) is 7.71. The van der Waals surface area contributed by atoms with E-state index in [9.17, 15) is 4.79 Å². The predicted octanol–water partition coefficient (Wildman–Crippen LogP) is 2.37. The first-order valence-electron chi connectivity index (χ1n) is 7.09. The lowest BCUT2D eigenvalue weighted by molar-refractivity contribution is -0.940. The summed E-state index contributed by atoms with van der Waals surface area (Å²) in [4.78, 5) is 12.2. The van der Waals surface area contributed by atoms with Crippen molar-refractivity contribution in [3.8, 4) is 0 Å². The monoisotopic (exact) mass is 222 g/mol. The van der Waals surface area contributed by atoms with Gasteiger partial charge in [-0.1, -0.05) is 0 Å². The van der Waals surface area contributed by atoms with E-state index < -0.39 is 0 Å². The smallest absolute Gasteiger partial charge is 0.144 e. The maximum absolute atomic E-state index is 12.2. The van der Waals surface area contributed by atoms with Crippen molar-refractivity contribution in [1.29, 1.82) is 0 Å². The summed E-state index contributed by atoms with van der Waals surface area (Å²) in [5.41, 5.74) is 0. The standard InChI is InChI=1S/C14H24NO/c1-15(9-3-2-4-10-15)13-8-6-11-5-7-12(13)14(11)16/h11-13H,2-10H2,1H3/q+1/t11-,12-,13+/m0/s1. The van der Waals surface area contributed by atoms with Gasteiger partial charge in [0, 0.05) is 12.3 Å². The minimum absolute atomic E-state index is 0.432. The highest BCUT2D eigenvalue weighted by Gasteiger charge is 2.50. The molecule has 0 amide bonds. The van der Waals surface area contributed by atoms with Crippen LogP contribution in [0.15, 0.2) is 0 Å². The molecule has 0 aromatic rings. The number of quaternary nitrogens is 1. The molecule has 0 N–H and O–H groups in total. The molecule has 3 atom stereocenters. The molecule has 3 rings (SSSR count). The number of hydrogen-bond acceptors (Lipinski definition) is 1. The Morgan fingerprint density at radius 3 is 2.44 bits per heavy atom. The molecule has 3 fully saturated rings. The molecule has 0 unspecified atom stereocenters. The van der Waals surface area contributed by atoms with Crippen LogP contribution in [0.3, 0.4) is 0 Å². The Morgan fingerprint density at radius 1 is 1.00 bits per heavy atom. The number of rotatable bonds is 1. The Labute approximate surface area is 98.6 Å². The normalized spacial score (nSPS) is 42.3. The number of Topliss-reactive ketones (excluding diaryl/α,β-unsaturated/α-hetero) is 1. The summed E-state index contributed by atoms with van der Waals surface area (Å²) in [7, 11) is 2.41. The Balaban J connectivity index is 1.81. The average Bonchev–Trinajstić information content (AvgIpc) is 2.53. The third-order valence-electron chi connectivity index (χ3n) is 5.51. The molecule has 1 saturated heterocycles. The van der Waals surface area contributed by atoms with Gasteiger partial charge in [0.15, 0.2) is 0 Å². The molecule has 2 nitrogen and oxygen atoms in total. The Bertz CT molecular complexity index is 293. The molecule has 2 bridgehead atoms. The van der Waals surface area contributed by atoms with Crippen molar-refractivity contribution >= 4 is 5.78 Å². The van der Waals surface area contributed by atoms with E-state index in [-0.39, 0.29) is 0 Å². The van der Waals surface area contributed by atoms with Crippen molar-refractivity contribution in [2.75, 3.05) is 20.1 Å². The summed E-state index contributed by atoms with van der Waals surface area (Å²) in [6.45, 7) is 2.64. The molecular formula is C14H24NO+. The van der Waals surface area contributed by atoms with Crippen LogP contribution in [-0.2, 0) is 4.79 Å². The van der Waals surface area contributed by atoms with E-state index in [1.807, 2.05) is 0 Å². The van der Waals surface area contributed by atoms with Crippen LogP contribution in [0.5, 0.6) is 0 Å². The Kier molecular flexibility index (Phi) is 2.58. The van der Waals surface area contributed by atoms with Crippen molar-refractivity contribution in [2.45, 2.75) is 51.0 Å². The second kappa shape index (κ2) is 3.83. The minimum Gasteiger partial charge on any atom is -0.323 e. The van der Waals surface area contributed by atoms with Crippen LogP contribution in [-0.4, -0.2) is 36.4 Å². The average molecular weight is 222 g/mol. The molecule has 0 radical (unpaired) electrons. The van der Waals surface area contributed by atoms with E-state index in [4.69, 9.17) is 0 Å². The summed E-state index contributed by atoms with van der Waals surface area (Å²) < 4.78 is 1.21. The number of nitrogens with zero attached hydrogens (tertiary/aromatic N) is 1. The van der Waals surface area contributed by atoms with Gasteiger partial charge in [-0.2, -0.15) is 0 Å². The molecule has 3 aliphatic rings. The van der Waals surface area contributed by atoms with Crippen LogP contribution in [0.4, 0.5) is 0 Å². The first kappa shape index (κ1) is 10.8. The van der Waals surface area contributed by atoms with Crippen molar-refractivity contribution in [3.63, 3.8) is 0 Å². The van der Waals surface area contributed by atoms with E-state index in [1.165, 1.54) is 62.5 Å². The maximum atomic E-state index is 12.2. The quantitative estimate of drug-likeness (QED) is 0.623. The topological polar surface area (TPSA) is 17.1 Å². The van der Waals surface area contributed by atoms with Gasteiger partial charge in [0.2, 0.25) is 0 Å². The molecule has 0 aromatic heterocycles. The number of fused-ring (bicyclic) bond motifs is 2. The number of carbonyl (C=O) groups is 1. The highest BCUT2D eigenvalue weighted by Crippen LogP contribution is 2.43. The molecule has 2 heteroatoms. The lowest BCUT2D eigenvalue weighted by Gasteiger charge is -2.47. The van der Waals surface area contributed by atoms with E-state index >= 15 is 0 Å². The molecule has 0 aromatic carbocycles. The highest BCUT2D eigenvalue weighted by molar-refractivity contribution is 5.86. The Morgan fingerprint density at radius 2 is 1.69 bits per heavy atom. The molecule has 2 saturated carbocycles. The van der Waals surface area contributed by atoms with E-state index in [1.54, 1.807) is 0 Å². The maximum Gasteiger partial charge on any atom is 0.144 e. The zero-order chi connectivity index (χ0) is 11.2. The molecule has 16 heavy (non-hydrogen) atoms. The Hall–Kier alpha value is -0.370. The SMILES string of the molecule is C[N+]1([C@@H]2CC[C@@H]3CC[C@@H]2C3=O)CCCCC1. The van der Waals surface area contributed by atoms with Gasteiger partial charge < -0.3 is 4.48 Å². The number of piperidine rings is 1. The lowest BCUT2D eigenvalue weighted by atomic mass is 9.81. The molecular weight excluding hydrogens is 198 g/mol. The van der Waals surface area contributed by atoms with Gasteiger partial charge in [-0.25, -0.2) is 0 Å². The van der Waals surface area contributed by atoms with E-state index in [0.717, 1.165) is 0 Å². The number of ketones is 1. The highest BCUT2D eigenvalue weighted by atomic mass is 16.1. The second-order valence-corrected chi connectivity index (χ2v) is 6.42. The van der Waals surface area contributed by atoms with Gasteiger partial charge in [0.1, 0.15) is 5.78 Å². The first-order valence-corrected chi connectivity index (χ1v) is 7.09. The zero-order valence-electron chi connectivity index (χ0n) is 10.5. The summed E-state index contributed by atoms with van der Waals surface area (Å²) >= 11 is 0. The lowest BCUT2D eigenvalue weighted by Crippen LogP contribution is -2.59. The fourth-order valence-corrected chi connectivity index (χ4v) is 4.52. The molecule has 2 aliphatic carbocycles. The van der Waals surface area contributed by atoms with Crippen LogP contribution in [0.2, 0.25) is 0 Å². The van der Waals surface area contributed by atoms with Crippen LogP contribution >= 0.6 is 0 Å². The summed E-state index contributed by atoms with van der Waals surface area (Å²) in [6.07, 6.45) is 9.05. The van der Waals surface area contributed by atoms with Crippen LogP contribution < -0.4 is 0 Å². The zero-order valence-corrected chi connectivity index (χ0v) is 10.5. The van der Waals surface area contributed by atoms with Crippen LogP contribution in [0.25, 0.3) is 0 Å². The molecule has 90 valence electrons. The van der Waals surface area contributed by atoms with Gasteiger partial charge in [-0.15, -0.1) is 0 Å². The third kappa shape index (κ3) is 1.54. The summed E-state index contributed by atoms with van der Waals surface area (Å²) in [5, 5.41) is 0. The van der Waals surface area contributed by atoms with Gasteiger partial charge in [0.25, 0.3) is 0 Å². The van der Waals surface area contributed by atoms with Crippen LogP contribution in [0.1, 0.15) is 44.9 Å². The van der Waals surface area contributed by atoms with Crippen molar-refractivity contribution in [1.82, 2.24) is 0 Å². The molecule has 0 spiro atoms. The minimum atomic E-state index is 0.432. The van der Waals surface area contributed by atoms with Gasteiger partial charge in [-0.3, -0.25) is 4.79 Å². The van der Waals surface area contributed by atoms with E-state index in [0.29, 0.717) is 23.7 Å².